The average molecular weight is 416 g/mol. The number of halogens is 1. The molecular weight excluding hydrogens is 386 g/mol. The van der Waals surface area contributed by atoms with Crippen LogP contribution in [0.1, 0.15) is 51.9 Å². The Labute approximate surface area is 178 Å². The van der Waals surface area contributed by atoms with Gasteiger partial charge in [0.2, 0.25) is 11.8 Å². The second-order valence-electron chi connectivity index (χ2n) is 8.92. The lowest BCUT2D eigenvalue weighted by Gasteiger charge is -2.41. The molecule has 1 unspecified atom stereocenters. The molecule has 3 rings (SSSR count). The number of benzene rings is 1. The van der Waals surface area contributed by atoms with Crippen molar-refractivity contribution < 1.29 is 9.59 Å². The predicted molar refractivity (Wildman–Crippen MR) is 116 cm³/mol. The van der Waals surface area contributed by atoms with Crippen molar-refractivity contribution in [3.63, 3.8) is 0 Å². The van der Waals surface area contributed by atoms with Gasteiger partial charge in [-0.3, -0.25) is 9.59 Å². The van der Waals surface area contributed by atoms with Crippen LogP contribution in [0.5, 0.6) is 0 Å². The molecule has 0 N–H and O–H groups in total. The van der Waals surface area contributed by atoms with Crippen molar-refractivity contribution in [1.82, 2.24) is 14.4 Å². The van der Waals surface area contributed by atoms with Gasteiger partial charge in [0.1, 0.15) is 6.54 Å². The molecule has 0 spiro atoms. The third-order valence-electron chi connectivity index (χ3n) is 5.39. The molecule has 1 aromatic heterocycles. The van der Waals surface area contributed by atoms with Gasteiger partial charge in [-0.25, -0.2) is 0 Å². The van der Waals surface area contributed by atoms with E-state index in [4.69, 9.17) is 11.6 Å². The van der Waals surface area contributed by atoms with E-state index in [0.29, 0.717) is 11.6 Å². The van der Waals surface area contributed by atoms with Gasteiger partial charge in [0, 0.05) is 41.5 Å². The van der Waals surface area contributed by atoms with Crippen molar-refractivity contribution in [2.24, 2.45) is 5.92 Å². The summed E-state index contributed by atoms with van der Waals surface area (Å²) in [6.45, 7) is 11.0. The summed E-state index contributed by atoms with van der Waals surface area (Å²) in [5.74, 6) is -0.221. The summed E-state index contributed by atoms with van der Waals surface area (Å²) < 4.78 is 2.18. The van der Waals surface area contributed by atoms with Gasteiger partial charge in [0.25, 0.3) is 0 Å². The van der Waals surface area contributed by atoms with Crippen LogP contribution in [-0.2, 0) is 16.1 Å². The SMILES string of the molecule is CC(C)C(=O)N(CC(=O)N1CCn2cccc2C1c1cccc(Cl)c1)C(C)(C)C. The van der Waals surface area contributed by atoms with E-state index >= 15 is 0 Å². The number of amides is 2. The number of nitrogens with zero attached hydrogens (tertiary/aromatic N) is 3. The van der Waals surface area contributed by atoms with Gasteiger partial charge in [-0.1, -0.05) is 37.6 Å². The summed E-state index contributed by atoms with van der Waals surface area (Å²) in [5.41, 5.74) is 1.60. The first kappa shape index (κ1) is 21.4. The van der Waals surface area contributed by atoms with Gasteiger partial charge in [-0.05, 0) is 50.6 Å². The van der Waals surface area contributed by atoms with Gasteiger partial charge >= 0.3 is 0 Å². The van der Waals surface area contributed by atoms with E-state index in [0.717, 1.165) is 17.8 Å². The summed E-state index contributed by atoms with van der Waals surface area (Å²) in [7, 11) is 0. The molecule has 0 saturated heterocycles. The molecule has 2 aromatic rings. The summed E-state index contributed by atoms with van der Waals surface area (Å²) in [5, 5.41) is 0.643. The van der Waals surface area contributed by atoms with Crippen LogP contribution in [0.2, 0.25) is 5.02 Å². The first-order valence-electron chi connectivity index (χ1n) is 10.1. The number of carbonyl (C=O) groups excluding carboxylic acids is 2. The molecule has 0 radical (unpaired) electrons. The number of hydrogen-bond acceptors (Lipinski definition) is 2. The lowest BCUT2D eigenvalue weighted by molar-refractivity contribution is -0.148. The Kier molecular flexibility index (Phi) is 6.08. The van der Waals surface area contributed by atoms with Gasteiger partial charge in [0.05, 0.1) is 6.04 Å². The van der Waals surface area contributed by atoms with Crippen LogP contribution >= 0.6 is 11.6 Å². The third-order valence-corrected chi connectivity index (χ3v) is 5.62. The molecule has 2 amide bonds. The molecule has 0 saturated carbocycles. The molecule has 1 aliphatic heterocycles. The standard InChI is InChI=1S/C23H30ClN3O2/c1-16(2)22(29)27(23(3,4)5)15-20(28)26-13-12-25-11-7-10-19(25)21(26)17-8-6-9-18(24)14-17/h6-11,14,16,21H,12-13,15H2,1-5H3. The smallest absolute Gasteiger partial charge is 0.243 e. The van der Waals surface area contributed by atoms with E-state index in [1.807, 2.05) is 82.1 Å². The van der Waals surface area contributed by atoms with Crippen molar-refractivity contribution in [1.29, 1.82) is 0 Å². The molecule has 0 bridgehead atoms. The Bertz CT molecular complexity index is 898. The summed E-state index contributed by atoms with van der Waals surface area (Å²) in [6, 6.07) is 11.5. The van der Waals surface area contributed by atoms with Crippen LogP contribution in [0.4, 0.5) is 0 Å². The third kappa shape index (κ3) is 4.50. The van der Waals surface area contributed by atoms with Gasteiger partial charge in [-0.15, -0.1) is 0 Å². The molecule has 1 atom stereocenters. The number of hydrogen-bond donors (Lipinski definition) is 0. The molecule has 156 valence electrons. The summed E-state index contributed by atoms with van der Waals surface area (Å²) in [4.78, 5) is 29.8. The van der Waals surface area contributed by atoms with Crippen LogP contribution in [0.3, 0.4) is 0 Å². The average Bonchev–Trinajstić information content (AvgIpc) is 3.12. The van der Waals surface area contributed by atoms with Crippen molar-refractivity contribution in [2.45, 2.75) is 52.7 Å². The minimum atomic E-state index is -0.432. The molecule has 0 fully saturated rings. The number of rotatable bonds is 4. The van der Waals surface area contributed by atoms with E-state index in [1.165, 1.54) is 0 Å². The molecule has 2 heterocycles. The summed E-state index contributed by atoms with van der Waals surface area (Å²) >= 11 is 6.25. The van der Waals surface area contributed by atoms with Gasteiger partial charge in [0.15, 0.2) is 0 Å². The maximum absolute atomic E-state index is 13.5. The van der Waals surface area contributed by atoms with Crippen molar-refractivity contribution in [3.05, 3.63) is 58.9 Å². The second-order valence-corrected chi connectivity index (χ2v) is 9.36. The first-order chi connectivity index (χ1) is 13.6. The van der Waals surface area contributed by atoms with Crippen LogP contribution < -0.4 is 0 Å². The Morgan fingerprint density at radius 1 is 1.17 bits per heavy atom. The zero-order chi connectivity index (χ0) is 21.3. The molecule has 1 aromatic carbocycles. The first-order valence-corrected chi connectivity index (χ1v) is 10.5. The molecule has 1 aliphatic rings. The van der Waals surface area contributed by atoms with Crippen LogP contribution in [0, 0.1) is 5.92 Å². The molecule has 6 heteroatoms. The lowest BCUT2D eigenvalue weighted by atomic mass is 9.99. The zero-order valence-corrected chi connectivity index (χ0v) is 18.6. The highest BCUT2D eigenvalue weighted by molar-refractivity contribution is 6.30. The number of fused-ring (bicyclic) bond motifs is 1. The maximum Gasteiger partial charge on any atom is 0.243 e. The Morgan fingerprint density at radius 3 is 2.52 bits per heavy atom. The second kappa shape index (κ2) is 8.23. The molecule has 0 aliphatic carbocycles. The monoisotopic (exact) mass is 415 g/mol. The lowest BCUT2D eigenvalue weighted by Crippen LogP contribution is -2.54. The van der Waals surface area contributed by atoms with Crippen LogP contribution in [0.15, 0.2) is 42.6 Å². The Balaban J connectivity index is 1.95. The fourth-order valence-electron chi connectivity index (χ4n) is 3.86. The molecular formula is C23H30ClN3O2. The topological polar surface area (TPSA) is 45.6 Å². The van der Waals surface area contributed by atoms with E-state index in [2.05, 4.69) is 4.57 Å². The van der Waals surface area contributed by atoms with E-state index in [9.17, 15) is 9.59 Å². The van der Waals surface area contributed by atoms with E-state index in [1.54, 1.807) is 4.90 Å². The predicted octanol–water partition coefficient (Wildman–Crippen LogP) is 4.36. The Morgan fingerprint density at radius 2 is 1.90 bits per heavy atom. The quantitative estimate of drug-likeness (QED) is 0.744. The van der Waals surface area contributed by atoms with Crippen molar-refractivity contribution in [2.75, 3.05) is 13.1 Å². The number of carbonyl (C=O) groups is 2. The molecule has 5 nitrogen and oxygen atoms in total. The zero-order valence-electron chi connectivity index (χ0n) is 17.9. The van der Waals surface area contributed by atoms with Crippen LogP contribution in [0.25, 0.3) is 0 Å². The van der Waals surface area contributed by atoms with Gasteiger partial charge in [-0.2, -0.15) is 0 Å². The highest BCUT2D eigenvalue weighted by Crippen LogP contribution is 2.34. The number of aromatic nitrogens is 1. The van der Waals surface area contributed by atoms with Crippen molar-refractivity contribution in [3.8, 4) is 0 Å². The normalized spacial score (nSPS) is 16.7. The summed E-state index contributed by atoms with van der Waals surface area (Å²) in [6.07, 6.45) is 2.04. The fourth-order valence-corrected chi connectivity index (χ4v) is 4.06. The minimum absolute atomic E-state index is 0.00876. The highest BCUT2D eigenvalue weighted by Gasteiger charge is 2.36. The fraction of sp³-hybridized carbons (Fsp3) is 0.478. The largest absolute Gasteiger partial charge is 0.348 e. The maximum atomic E-state index is 13.5. The van der Waals surface area contributed by atoms with E-state index < -0.39 is 5.54 Å². The van der Waals surface area contributed by atoms with Crippen LogP contribution in [-0.4, -0.2) is 44.8 Å². The minimum Gasteiger partial charge on any atom is -0.348 e. The molecule has 29 heavy (non-hydrogen) atoms. The highest BCUT2D eigenvalue weighted by atomic mass is 35.5. The van der Waals surface area contributed by atoms with E-state index in [-0.39, 0.29) is 30.3 Å². The van der Waals surface area contributed by atoms with Gasteiger partial charge < -0.3 is 14.4 Å². The Hall–Kier alpha value is -2.27. The van der Waals surface area contributed by atoms with Crippen molar-refractivity contribution >= 4 is 23.4 Å².